The van der Waals surface area contributed by atoms with E-state index in [1.165, 1.54) is 24.8 Å². The molecule has 2 rings (SSSR count). The van der Waals surface area contributed by atoms with Gasteiger partial charge in [0.05, 0.1) is 0 Å². The van der Waals surface area contributed by atoms with Crippen LogP contribution in [0.4, 0.5) is 4.39 Å². The standard InChI is InChI=1S/C16H25FN2/c1-3-5-16-12-19(11-4-10-18-16)13(2)14-6-8-15(17)9-7-14/h6-9,13,16,18H,3-5,10-12H2,1-2H3. The zero-order valence-corrected chi connectivity index (χ0v) is 12.0. The molecule has 1 aliphatic rings. The summed E-state index contributed by atoms with van der Waals surface area (Å²) in [6, 6.07) is 7.90. The molecule has 1 aromatic carbocycles. The Morgan fingerprint density at radius 1 is 1.37 bits per heavy atom. The van der Waals surface area contributed by atoms with Gasteiger partial charge in [-0.3, -0.25) is 4.90 Å². The second-order valence-corrected chi connectivity index (χ2v) is 5.52. The van der Waals surface area contributed by atoms with Crippen LogP contribution in [-0.4, -0.2) is 30.6 Å². The van der Waals surface area contributed by atoms with Crippen LogP contribution in [0.3, 0.4) is 0 Å². The van der Waals surface area contributed by atoms with E-state index in [9.17, 15) is 4.39 Å². The van der Waals surface area contributed by atoms with Gasteiger partial charge in [0.25, 0.3) is 0 Å². The van der Waals surface area contributed by atoms with Gasteiger partial charge < -0.3 is 5.32 Å². The Balaban J connectivity index is 2.03. The molecule has 1 aliphatic heterocycles. The summed E-state index contributed by atoms with van der Waals surface area (Å²) in [4.78, 5) is 2.52. The summed E-state index contributed by atoms with van der Waals surface area (Å²) < 4.78 is 13.0. The fraction of sp³-hybridized carbons (Fsp3) is 0.625. The van der Waals surface area contributed by atoms with E-state index in [4.69, 9.17) is 0 Å². The van der Waals surface area contributed by atoms with E-state index in [1.54, 1.807) is 12.1 Å². The SMILES string of the molecule is CCCC1CN(C(C)c2ccc(F)cc2)CCCN1. The predicted octanol–water partition coefficient (Wildman–Crippen LogP) is 3.35. The third-order valence-electron chi connectivity index (χ3n) is 4.05. The largest absolute Gasteiger partial charge is 0.313 e. The lowest BCUT2D eigenvalue weighted by Crippen LogP contribution is -2.38. The molecule has 2 unspecified atom stereocenters. The molecule has 1 heterocycles. The van der Waals surface area contributed by atoms with Crippen molar-refractivity contribution in [3.8, 4) is 0 Å². The minimum Gasteiger partial charge on any atom is -0.313 e. The number of hydrogen-bond acceptors (Lipinski definition) is 2. The number of nitrogens with zero attached hydrogens (tertiary/aromatic N) is 1. The highest BCUT2D eigenvalue weighted by atomic mass is 19.1. The predicted molar refractivity (Wildman–Crippen MR) is 77.7 cm³/mol. The molecule has 0 saturated carbocycles. The molecule has 1 saturated heterocycles. The van der Waals surface area contributed by atoms with Crippen LogP contribution in [0.15, 0.2) is 24.3 Å². The molecule has 0 spiro atoms. The molecule has 0 bridgehead atoms. The summed E-state index contributed by atoms with van der Waals surface area (Å²) in [6.07, 6.45) is 3.63. The van der Waals surface area contributed by atoms with Gasteiger partial charge in [0.1, 0.15) is 5.82 Å². The molecular weight excluding hydrogens is 239 g/mol. The third-order valence-corrected chi connectivity index (χ3v) is 4.05. The van der Waals surface area contributed by atoms with Crippen molar-refractivity contribution < 1.29 is 4.39 Å². The summed E-state index contributed by atoms with van der Waals surface area (Å²) in [6.45, 7) is 7.78. The van der Waals surface area contributed by atoms with Crippen LogP contribution < -0.4 is 5.32 Å². The maximum atomic E-state index is 13.0. The molecule has 0 radical (unpaired) electrons. The number of halogens is 1. The fourth-order valence-corrected chi connectivity index (χ4v) is 2.87. The van der Waals surface area contributed by atoms with Gasteiger partial charge in [0, 0.05) is 25.2 Å². The van der Waals surface area contributed by atoms with Crippen molar-refractivity contribution in [1.82, 2.24) is 10.2 Å². The Morgan fingerprint density at radius 3 is 2.79 bits per heavy atom. The lowest BCUT2D eigenvalue weighted by atomic mass is 10.1. The zero-order valence-electron chi connectivity index (χ0n) is 12.0. The van der Waals surface area contributed by atoms with E-state index in [0.29, 0.717) is 12.1 Å². The van der Waals surface area contributed by atoms with Crippen molar-refractivity contribution in [3.63, 3.8) is 0 Å². The molecule has 3 heteroatoms. The number of hydrogen-bond donors (Lipinski definition) is 1. The molecule has 0 amide bonds. The highest BCUT2D eigenvalue weighted by Crippen LogP contribution is 2.22. The molecule has 1 fully saturated rings. The highest BCUT2D eigenvalue weighted by molar-refractivity contribution is 5.19. The number of nitrogens with one attached hydrogen (secondary N) is 1. The molecule has 1 N–H and O–H groups in total. The average Bonchev–Trinajstić information content (AvgIpc) is 2.65. The van der Waals surface area contributed by atoms with Crippen molar-refractivity contribution in [2.45, 2.75) is 45.2 Å². The van der Waals surface area contributed by atoms with Crippen LogP contribution in [-0.2, 0) is 0 Å². The van der Waals surface area contributed by atoms with Gasteiger partial charge in [-0.05, 0) is 44.0 Å². The number of benzene rings is 1. The summed E-state index contributed by atoms with van der Waals surface area (Å²) >= 11 is 0. The Bertz CT molecular complexity index is 377. The quantitative estimate of drug-likeness (QED) is 0.897. The number of rotatable bonds is 4. The van der Waals surface area contributed by atoms with Gasteiger partial charge in [-0.25, -0.2) is 4.39 Å². The van der Waals surface area contributed by atoms with Crippen LogP contribution in [0.5, 0.6) is 0 Å². The lowest BCUT2D eigenvalue weighted by Gasteiger charge is -2.30. The molecule has 1 aromatic rings. The van der Waals surface area contributed by atoms with Gasteiger partial charge in [-0.1, -0.05) is 25.5 Å². The van der Waals surface area contributed by atoms with E-state index in [-0.39, 0.29) is 5.82 Å². The zero-order chi connectivity index (χ0) is 13.7. The molecule has 0 aliphatic carbocycles. The van der Waals surface area contributed by atoms with Gasteiger partial charge >= 0.3 is 0 Å². The second-order valence-electron chi connectivity index (χ2n) is 5.52. The van der Waals surface area contributed by atoms with Gasteiger partial charge in [-0.15, -0.1) is 0 Å². The Kier molecular flexibility index (Phi) is 5.34. The summed E-state index contributed by atoms with van der Waals surface area (Å²) in [5.74, 6) is -0.155. The van der Waals surface area contributed by atoms with Crippen LogP contribution in [0.2, 0.25) is 0 Å². The van der Waals surface area contributed by atoms with Crippen LogP contribution in [0.1, 0.15) is 44.7 Å². The van der Waals surface area contributed by atoms with Crippen LogP contribution in [0.25, 0.3) is 0 Å². The highest BCUT2D eigenvalue weighted by Gasteiger charge is 2.21. The fourth-order valence-electron chi connectivity index (χ4n) is 2.87. The van der Waals surface area contributed by atoms with Crippen molar-refractivity contribution >= 4 is 0 Å². The molecular formula is C16H25FN2. The lowest BCUT2D eigenvalue weighted by molar-refractivity contribution is 0.203. The first-order valence-corrected chi connectivity index (χ1v) is 7.43. The van der Waals surface area contributed by atoms with E-state index >= 15 is 0 Å². The van der Waals surface area contributed by atoms with E-state index in [1.807, 2.05) is 12.1 Å². The van der Waals surface area contributed by atoms with E-state index in [0.717, 1.165) is 19.6 Å². The van der Waals surface area contributed by atoms with Crippen molar-refractivity contribution in [2.75, 3.05) is 19.6 Å². The topological polar surface area (TPSA) is 15.3 Å². The van der Waals surface area contributed by atoms with Gasteiger partial charge in [0.2, 0.25) is 0 Å². The maximum Gasteiger partial charge on any atom is 0.123 e. The first kappa shape index (κ1) is 14.5. The molecule has 19 heavy (non-hydrogen) atoms. The molecule has 2 atom stereocenters. The minimum atomic E-state index is -0.155. The average molecular weight is 264 g/mol. The Hall–Kier alpha value is -0.930. The van der Waals surface area contributed by atoms with E-state index < -0.39 is 0 Å². The maximum absolute atomic E-state index is 13.0. The molecule has 2 nitrogen and oxygen atoms in total. The molecule has 0 aromatic heterocycles. The summed E-state index contributed by atoms with van der Waals surface area (Å²) in [7, 11) is 0. The van der Waals surface area contributed by atoms with Crippen LogP contribution >= 0.6 is 0 Å². The first-order chi connectivity index (χ1) is 9.20. The third kappa shape index (κ3) is 4.02. The molecule has 106 valence electrons. The van der Waals surface area contributed by atoms with Gasteiger partial charge in [-0.2, -0.15) is 0 Å². The van der Waals surface area contributed by atoms with Crippen molar-refractivity contribution in [3.05, 3.63) is 35.6 Å². The van der Waals surface area contributed by atoms with Crippen molar-refractivity contribution in [1.29, 1.82) is 0 Å². The van der Waals surface area contributed by atoms with E-state index in [2.05, 4.69) is 24.1 Å². The minimum absolute atomic E-state index is 0.155. The summed E-state index contributed by atoms with van der Waals surface area (Å²) in [5, 5.41) is 3.63. The summed E-state index contributed by atoms with van der Waals surface area (Å²) in [5.41, 5.74) is 1.21. The first-order valence-electron chi connectivity index (χ1n) is 7.43. The smallest absolute Gasteiger partial charge is 0.123 e. The Labute approximate surface area is 116 Å². The van der Waals surface area contributed by atoms with Crippen LogP contribution in [0, 0.1) is 5.82 Å². The van der Waals surface area contributed by atoms with Crippen molar-refractivity contribution in [2.24, 2.45) is 0 Å². The second kappa shape index (κ2) is 7.01. The Morgan fingerprint density at radius 2 is 2.11 bits per heavy atom. The monoisotopic (exact) mass is 264 g/mol. The van der Waals surface area contributed by atoms with Gasteiger partial charge in [0.15, 0.2) is 0 Å². The normalized spacial score (nSPS) is 23.0.